The van der Waals surface area contributed by atoms with Crippen molar-refractivity contribution in [2.45, 2.75) is 19.4 Å². The molecule has 0 unspecified atom stereocenters. The Kier molecular flexibility index (Phi) is 3.71. The molecular weight excluding hydrogens is 329 g/mol. The number of thioether (sulfide) groups is 1. The first-order valence-corrected chi connectivity index (χ1v) is 8.28. The Morgan fingerprint density at radius 2 is 2.16 bits per heavy atom. The Morgan fingerprint density at radius 3 is 2.89 bits per heavy atom. The summed E-state index contributed by atoms with van der Waals surface area (Å²) in [6, 6.07) is 3.20. The van der Waals surface area contributed by atoms with E-state index in [9.17, 15) is 4.39 Å². The van der Waals surface area contributed by atoms with Crippen LogP contribution in [0.25, 0.3) is 11.0 Å². The zero-order valence-electron chi connectivity index (χ0n) is 10.4. The lowest BCUT2D eigenvalue weighted by Crippen LogP contribution is -2.17. The van der Waals surface area contributed by atoms with Crippen molar-refractivity contribution >= 4 is 44.7 Å². The van der Waals surface area contributed by atoms with Gasteiger partial charge >= 0.3 is 0 Å². The van der Waals surface area contributed by atoms with Gasteiger partial charge in [-0.25, -0.2) is 9.37 Å². The monoisotopic (exact) mass is 343 g/mol. The number of imidazole rings is 1. The number of nitrogens with two attached hydrogens (primary N) is 1. The smallest absolute Gasteiger partial charge is 0.201 e. The van der Waals surface area contributed by atoms with Crippen molar-refractivity contribution in [3.8, 4) is 0 Å². The second kappa shape index (κ2) is 5.32. The van der Waals surface area contributed by atoms with Crippen LogP contribution in [0.2, 0.25) is 0 Å². The maximum atomic E-state index is 13.5. The molecule has 0 atom stereocenters. The van der Waals surface area contributed by atoms with Crippen molar-refractivity contribution in [1.82, 2.24) is 9.55 Å². The van der Waals surface area contributed by atoms with E-state index in [4.69, 9.17) is 5.73 Å². The normalized spacial score (nSPS) is 17.2. The SMILES string of the molecule is Nc1nc2cc(F)c(Br)cc2n1CC1CCSCC1. The zero-order valence-corrected chi connectivity index (χ0v) is 12.8. The van der Waals surface area contributed by atoms with E-state index in [0.717, 1.165) is 12.1 Å². The topological polar surface area (TPSA) is 43.8 Å². The molecular formula is C13H15BrFN3S. The molecule has 2 heterocycles. The van der Waals surface area contributed by atoms with Gasteiger partial charge in [-0.2, -0.15) is 11.8 Å². The van der Waals surface area contributed by atoms with Gasteiger partial charge in [-0.1, -0.05) is 0 Å². The van der Waals surface area contributed by atoms with E-state index in [0.29, 0.717) is 21.9 Å². The summed E-state index contributed by atoms with van der Waals surface area (Å²) in [7, 11) is 0. The van der Waals surface area contributed by atoms with Gasteiger partial charge in [0, 0.05) is 12.6 Å². The van der Waals surface area contributed by atoms with Gasteiger partial charge in [0.25, 0.3) is 0 Å². The minimum Gasteiger partial charge on any atom is -0.369 e. The van der Waals surface area contributed by atoms with Crippen molar-refractivity contribution in [3.05, 3.63) is 22.4 Å². The molecule has 0 bridgehead atoms. The Bertz CT molecular complexity index is 607. The first-order chi connectivity index (χ1) is 9.15. The van der Waals surface area contributed by atoms with Crippen LogP contribution in [0.5, 0.6) is 0 Å². The summed E-state index contributed by atoms with van der Waals surface area (Å²) in [5.74, 6) is 3.26. The number of hydrogen-bond acceptors (Lipinski definition) is 3. The van der Waals surface area contributed by atoms with E-state index in [-0.39, 0.29) is 5.82 Å². The Balaban J connectivity index is 1.97. The van der Waals surface area contributed by atoms with E-state index in [1.807, 2.05) is 16.3 Å². The van der Waals surface area contributed by atoms with Crippen LogP contribution in [0.15, 0.2) is 16.6 Å². The van der Waals surface area contributed by atoms with E-state index >= 15 is 0 Å². The predicted molar refractivity (Wildman–Crippen MR) is 81.9 cm³/mol. The molecule has 1 aromatic heterocycles. The molecule has 2 aromatic rings. The number of halogens is 2. The number of hydrogen-bond donors (Lipinski definition) is 1. The summed E-state index contributed by atoms with van der Waals surface area (Å²) in [5.41, 5.74) is 7.51. The lowest BCUT2D eigenvalue weighted by atomic mass is 10.0. The number of benzene rings is 1. The van der Waals surface area contributed by atoms with Crippen molar-refractivity contribution in [1.29, 1.82) is 0 Å². The molecule has 1 aliphatic heterocycles. The highest BCUT2D eigenvalue weighted by molar-refractivity contribution is 9.10. The third kappa shape index (κ3) is 2.60. The van der Waals surface area contributed by atoms with Crippen LogP contribution in [0.3, 0.4) is 0 Å². The molecule has 1 aliphatic rings. The molecule has 0 radical (unpaired) electrons. The summed E-state index contributed by atoms with van der Waals surface area (Å²) in [6.45, 7) is 0.876. The van der Waals surface area contributed by atoms with Gasteiger partial charge in [-0.15, -0.1) is 0 Å². The standard InChI is InChI=1S/C13H15BrFN3S/c14-9-5-12-11(6-10(9)15)17-13(16)18(12)7-8-1-3-19-4-2-8/h5-6,8H,1-4,7H2,(H2,16,17). The average molecular weight is 344 g/mol. The molecule has 1 fully saturated rings. The average Bonchev–Trinajstić information content (AvgIpc) is 2.68. The Morgan fingerprint density at radius 1 is 1.42 bits per heavy atom. The number of nitrogens with zero attached hydrogens (tertiary/aromatic N) is 2. The van der Waals surface area contributed by atoms with Gasteiger partial charge < -0.3 is 10.3 Å². The quantitative estimate of drug-likeness (QED) is 0.904. The number of rotatable bonds is 2. The second-order valence-corrected chi connectivity index (χ2v) is 6.97. The number of anilines is 1. The van der Waals surface area contributed by atoms with E-state index < -0.39 is 0 Å². The predicted octanol–water partition coefficient (Wildman–Crippen LogP) is 3.66. The minimum absolute atomic E-state index is 0.300. The van der Waals surface area contributed by atoms with Gasteiger partial charge in [-0.05, 0) is 52.3 Å². The molecule has 19 heavy (non-hydrogen) atoms. The number of fused-ring (bicyclic) bond motifs is 1. The highest BCUT2D eigenvalue weighted by Crippen LogP contribution is 2.29. The second-order valence-electron chi connectivity index (χ2n) is 4.89. The van der Waals surface area contributed by atoms with Gasteiger partial charge in [0.1, 0.15) is 5.82 Å². The van der Waals surface area contributed by atoms with Crippen LogP contribution in [0.4, 0.5) is 10.3 Å². The maximum absolute atomic E-state index is 13.5. The summed E-state index contributed by atoms with van der Waals surface area (Å²) in [5, 5.41) is 0. The molecule has 102 valence electrons. The maximum Gasteiger partial charge on any atom is 0.201 e. The molecule has 2 N–H and O–H groups in total. The molecule has 3 nitrogen and oxygen atoms in total. The Labute approximate surface area is 123 Å². The highest BCUT2D eigenvalue weighted by Gasteiger charge is 2.18. The minimum atomic E-state index is -0.300. The summed E-state index contributed by atoms with van der Waals surface area (Å²) < 4.78 is 16.0. The van der Waals surface area contributed by atoms with Crippen LogP contribution in [0, 0.1) is 11.7 Å². The molecule has 1 aromatic carbocycles. The van der Waals surface area contributed by atoms with E-state index in [1.54, 1.807) is 6.07 Å². The van der Waals surface area contributed by atoms with Crippen LogP contribution in [-0.4, -0.2) is 21.1 Å². The van der Waals surface area contributed by atoms with E-state index in [1.165, 1.54) is 30.4 Å². The van der Waals surface area contributed by atoms with Gasteiger partial charge in [0.15, 0.2) is 0 Å². The fourth-order valence-corrected chi connectivity index (χ4v) is 4.05. The van der Waals surface area contributed by atoms with Gasteiger partial charge in [0.2, 0.25) is 5.95 Å². The first-order valence-electron chi connectivity index (χ1n) is 6.33. The summed E-state index contributed by atoms with van der Waals surface area (Å²) >= 11 is 5.23. The summed E-state index contributed by atoms with van der Waals surface area (Å²) in [4.78, 5) is 4.26. The zero-order chi connectivity index (χ0) is 13.4. The van der Waals surface area contributed by atoms with Crippen LogP contribution in [-0.2, 0) is 6.54 Å². The first kappa shape index (κ1) is 13.2. The molecule has 0 spiro atoms. The van der Waals surface area contributed by atoms with E-state index in [2.05, 4.69) is 20.9 Å². The molecule has 6 heteroatoms. The highest BCUT2D eigenvalue weighted by atomic mass is 79.9. The third-order valence-electron chi connectivity index (χ3n) is 3.60. The van der Waals surface area contributed by atoms with Crippen LogP contribution < -0.4 is 5.73 Å². The lowest BCUT2D eigenvalue weighted by molar-refractivity contribution is 0.425. The van der Waals surface area contributed by atoms with Crippen molar-refractivity contribution in [2.75, 3.05) is 17.2 Å². The molecule has 0 aliphatic carbocycles. The molecule has 0 saturated carbocycles. The van der Waals surface area contributed by atoms with Crippen molar-refractivity contribution in [3.63, 3.8) is 0 Å². The third-order valence-corrected chi connectivity index (χ3v) is 5.26. The van der Waals surface area contributed by atoms with Gasteiger partial charge in [0.05, 0.1) is 15.5 Å². The van der Waals surface area contributed by atoms with Gasteiger partial charge in [-0.3, -0.25) is 0 Å². The molecule has 3 rings (SSSR count). The molecule has 0 amide bonds. The fourth-order valence-electron chi connectivity index (χ4n) is 2.52. The lowest BCUT2D eigenvalue weighted by Gasteiger charge is -2.22. The fraction of sp³-hybridized carbons (Fsp3) is 0.462. The number of aromatic nitrogens is 2. The number of nitrogen functional groups attached to an aromatic ring is 1. The van der Waals surface area contributed by atoms with Crippen molar-refractivity contribution in [2.24, 2.45) is 5.92 Å². The van der Waals surface area contributed by atoms with Crippen LogP contribution in [0.1, 0.15) is 12.8 Å². The van der Waals surface area contributed by atoms with Crippen molar-refractivity contribution < 1.29 is 4.39 Å². The summed E-state index contributed by atoms with van der Waals surface area (Å²) in [6.07, 6.45) is 2.43. The largest absolute Gasteiger partial charge is 0.369 e. The Hall–Kier alpha value is -0.750. The van der Waals surface area contributed by atoms with Crippen LogP contribution >= 0.6 is 27.7 Å². The molecule has 1 saturated heterocycles.